The summed E-state index contributed by atoms with van der Waals surface area (Å²) >= 11 is 0. The Morgan fingerprint density at radius 3 is 2.47 bits per heavy atom. The van der Waals surface area contributed by atoms with Gasteiger partial charge in [0.15, 0.2) is 0 Å². The van der Waals surface area contributed by atoms with Crippen LogP contribution in [0.25, 0.3) is 0 Å². The zero-order valence-electron chi connectivity index (χ0n) is 12.2. The molecule has 1 aliphatic rings. The summed E-state index contributed by atoms with van der Waals surface area (Å²) in [5.74, 6) is 0.935. The highest BCUT2D eigenvalue weighted by molar-refractivity contribution is 4.75. The van der Waals surface area contributed by atoms with Crippen molar-refractivity contribution in [2.45, 2.75) is 65.3 Å². The van der Waals surface area contributed by atoms with Crippen LogP contribution >= 0.6 is 0 Å². The van der Waals surface area contributed by atoms with E-state index in [0.29, 0.717) is 0 Å². The van der Waals surface area contributed by atoms with Crippen molar-refractivity contribution in [1.29, 1.82) is 0 Å². The molecule has 1 unspecified atom stereocenters. The van der Waals surface area contributed by atoms with Crippen molar-refractivity contribution >= 4 is 0 Å². The summed E-state index contributed by atoms with van der Waals surface area (Å²) in [5.41, 5.74) is 0. The third kappa shape index (κ3) is 5.87. The van der Waals surface area contributed by atoms with Crippen LogP contribution in [0.2, 0.25) is 0 Å². The number of nitrogens with one attached hydrogen (secondary N) is 1. The van der Waals surface area contributed by atoms with Crippen LogP contribution in [-0.4, -0.2) is 37.1 Å². The van der Waals surface area contributed by atoms with E-state index in [0.717, 1.165) is 12.0 Å². The topological polar surface area (TPSA) is 15.3 Å². The maximum atomic E-state index is 3.46. The Morgan fingerprint density at radius 1 is 1.18 bits per heavy atom. The molecule has 2 heteroatoms. The van der Waals surface area contributed by atoms with Crippen molar-refractivity contribution in [2.24, 2.45) is 5.92 Å². The summed E-state index contributed by atoms with van der Waals surface area (Å²) in [5, 5.41) is 3.46. The Labute approximate surface area is 108 Å². The number of nitrogens with zero attached hydrogens (tertiary/aromatic N) is 1. The lowest BCUT2D eigenvalue weighted by molar-refractivity contribution is 0.159. The first-order chi connectivity index (χ1) is 8.27. The molecule has 0 radical (unpaired) electrons. The molecule has 0 aromatic heterocycles. The molecule has 17 heavy (non-hydrogen) atoms. The lowest BCUT2D eigenvalue weighted by Crippen LogP contribution is -2.40. The highest BCUT2D eigenvalue weighted by Crippen LogP contribution is 2.17. The second-order valence-electron chi connectivity index (χ2n) is 5.63. The minimum absolute atomic E-state index is 0.779. The fourth-order valence-electron chi connectivity index (χ4n) is 2.89. The van der Waals surface area contributed by atoms with E-state index < -0.39 is 0 Å². The summed E-state index contributed by atoms with van der Waals surface area (Å²) in [7, 11) is 0. The number of hydrogen-bond donors (Lipinski definition) is 1. The van der Waals surface area contributed by atoms with Crippen LogP contribution in [0, 0.1) is 5.92 Å². The summed E-state index contributed by atoms with van der Waals surface area (Å²) in [6, 6.07) is 0.779. The molecule has 1 heterocycles. The first kappa shape index (κ1) is 15.0. The van der Waals surface area contributed by atoms with Crippen LogP contribution in [0.15, 0.2) is 0 Å². The molecule has 0 saturated carbocycles. The fourth-order valence-corrected chi connectivity index (χ4v) is 2.89. The smallest absolute Gasteiger partial charge is 0.00669 e. The van der Waals surface area contributed by atoms with Crippen LogP contribution in [-0.2, 0) is 0 Å². The van der Waals surface area contributed by atoms with E-state index in [1.54, 1.807) is 0 Å². The molecule has 1 rings (SSSR count). The molecule has 1 aliphatic heterocycles. The van der Waals surface area contributed by atoms with Crippen LogP contribution in [0.4, 0.5) is 0 Å². The predicted octanol–water partition coefficient (Wildman–Crippen LogP) is 3.28. The standard InChI is InChI=1S/C15H32N2/c1-4-6-7-8-14(3)17(5-2)13-15-9-11-16-12-10-15/h14-16H,4-13H2,1-3H3. The molecule has 102 valence electrons. The quantitative estimate of drug-likeness (QED) is 0.655. The van der Waals surface area contributed by atoms with E-state index in [1.807, 2.05) is 0 Å². The SMILES string of the molecule is CCCCCC(C)N(CC)CC1CCNCC1. The van der Waals surface area contributed by atoms with Gasteiger partial charge in [0, 0.05) is 12.6 Å². The third-order valence-electron chi connectivity index (χ3n) is 4.21. The average Bonchev–Trinajstić information content (AvgIpc) is 2.37. The van der Waals surface area contributed by atoms with E-state index >= 15 is 0 Å². The second-order valence-corrected chi connectivity index (χ2v) is 5.63. The maximum Gasteiger partial charge on any atom is 0.00669 e. The van der Waals surface area contributed by atoms with Crippen molar-refractivity contribution in [2.75, 3.05) is 26.2 Å². The average molecular weight is 240 g/mol. The van der Waals surface area contributed by atoms with Gasteiger partial charge in [-0.1, -0.05) is 33.1 Å². The molecule has 0 aromatic rings. The summed E-state index contributed by atoms with van der Waals surface area (Å²) < 4.78 is 0. The van der Waals surface area contributed by atoms with Gasteiger partial charge >= 0.3 is 0 Å². The van der Waals surface area contributed by atoms with Crippen LogP contribution in [0.3, 0.4) is 0 Å². The van der Waals surface area contributed by atoms with Gasteiger partial charge < -0.3 is 10.2 Å². The van der Waals surface area contributed by atoms with Gasteiger partial charge in [-0.05, 0) is 51.7 Å². The van der Waals surface area contributed by atoms with Gasteiger partial charge in [0.1, 0.15) is 0 Å². The number of rotatable bonds is 8. The Hall–Kier alpha value is -0.0800. The zero-order valence-corrected chi connectivity index (χ0v) is 12.2. The molecule has 1 atom stereocenters. The van der Waals surface area contributed by atoms with Gasteiger partial charge in [0.25, 0.3) is 0 Å². The summed E-state index contributed by atoms with van der Waals surface area (Å²) in [6.45, 7) is 12.0. The normalized spacial score (nSPS) is 19.8. The Kier molecular flexibility index (Phi) is 7.87. The molecule has 0 spiro atoms. The lowest BCUT2D eigenvalue weighted by Gasteiger charge is -2.33. The lowest BCUT2D eigenvalue weighted by atomic mass is 9.96. The number of unbranched alkanes of at least 4 members (excludes halogenated alkanes) is 2. The molecule has 0 amide bonds. The molecule has 0 aromatic carbocycles. The number of hydrogen-bond acceptors (Lipinski definition) is 2. The van der Waals surface area contributed by atoms with E-state index in [9.17, 15) is 0 Å². The highest BCUT2D eigenvalue weighted by atomic mass is 15.1. The predicted molar refractivity (Wildman–Crippen MR) is 76.4 cm³/mol. The molecular weight excluding hydrogens is 208 g/mol. The van der Waals surface area contributed by atoms with E-state index in [4.69, 9.17) is 0 Å². The van der Waals surface area contributed by atoms with Crippen molar-refractivity contribution in [1.82, 2.24) is 10.2 Å². The first-order valence-corrected chi connectivity index (χ1v) is 7.72. The van der Waals surface area contributed by atoms with Crippen molar-refractivity contribution in [3.05, 3.63) is 0 Å². The van der Waals surface area contributed by atoms with Crippen LogP contribution < -0.4 is 5.32 Å². The van der Waals surface area contributed by atoms with Crippen molar-refractivity contribution in [3.63, 3.8) is 0 Å². The van der Waals surface area contributed by atoms with Gasteiger partial charge in [-0.25, -0.2) is 0 Å². The van der Waals surface area contributed by atoms with Gasteiger partial charge in [-0.15, -0.1) is 0 Å². The van der Waals surface area contributed by atoms with Gasteiger partial charge in [-0.2, -0.15) is 0 Å². The van der Waals surface area contributed by atoms with E-state index in [2.05, 4.69) is 31.0 Å². The van der Waals surface area contributed by atoms with E-state index in [1.165, 1.54) is 64.7 Å². The van der Waals surface area contributed by atoms with E-state index in [-0.39, 0.29) is 0 Å². The fraction of sp³-hybridized carbons (Fsp3) is 1.00. The van der Waals surface area contributed by atoms with Crippen LogP contribution in [0.1, 0.15) is 59.3 Å². The molecule has 1 N–H and O–H groups in total. The Bertz CT molecular complexity index is 176. The minimum Gasteiger partial charge on any atom is -0.317 e. The summed E-state index contributed by atoms with van der Waals surface area (Å²) in [4.78, 5) is 2.70. The monoisotopic (exact) mass is 240 g/mol. The molecule has 0 aliphatic carbocycles. The number of piperidine rings is 1. The van der Waals surface area contributed by atoms with Crippen LogP contribution in [0.5, 0.6) is 0 Å². The van der Waals surface area contributed by atoms with Gasteiger partial charge in [-0.3, -0.25) is 0 Å². The highest BCUT2D eigenvalue weighted by Gasteiger charge is 2.19. The molecule has 2 nitrogen and oxygen atoms in total. The first-order valence-electron chi connectivity index (χ1n) is 7.72. The van der Waals surface area contributed by atoms with Gasteiger partial charge in [0.2, 0.25) is 0 Å². The minimum atomic E-state index is 0.779. The molecular formula is C15H32N2. The summed E-state index contributed by atoms with van der Waals surface area (Å²) in [6.07, 6.45) is 8.27. The second kappa shape index (κ2) is 8.93. The van der Waals surface area contributed by atoms with Gasteiger partial charge in [0.05, 0.1) is 0 Å². The van der Waals surface area contributed by atoms with Crippen molar-refractivity contribution < 1.29 is 0 Å². The largest absolute Gasteiger partial charge is 0.317 e. The van der Waals surface area contributed by atoms with Crippen molar-refractivity contribution in [3.8, 4) is 0 Å². The zero-order chi connectivity index (χ0) is 12.5. The third-order valence-corrected chi connectivity index (χ3v) is 4.21. The molecule has 1 fully saturated rings. The molecule has 0 bridgehead atoms. The Balaban J connectivity index is 2.25. The Morgan fingerprint density at radius 2 is 1.88 bits per heavy atom. The maximum absolute atomic E-state index is 3.46. The molecule has 1 saturated heterocycles.